The van der Waals surface area contributed by atoms with Gasteiger partial charge in [0.1, 0.15) is 17.5 Å². The third kappa shape index (κ3) is 7.58. The molecule has 9 heteroatoms. The first-order chi connectivity index (χ1) is 15.4. The second-order valence-corrected chi connectivity index (χ2v) is 8.55. The van der Waals surface area contributed by atoms with Crippen molar-refractivity contribution in [2.45, 2.75) is 54.3 Å². The fourth-order valence-corrected chi connectivity index (χ4v) is 3.87. The summed E-state index contributed by atoms with van der Waals surface area (Å²) in [6, 6.07) is 0. The maximum absolute atomic E-state index is 4.54. The van der Waals surface area contributed by atoms with Crippen molar-refractivity contribution in [3.05, 3.63) is 53.1 Å². The van der Waals surface area contributed by atoms with E-state index in [0.717, 1.165) is 93.5 Å². The minimum absolute atomic E-state index is 0.761. The Kier molecular flexibility index (Phi) is 9.01. The molecule has 0 amide bonds. The molecule has 3 aromatic rings. The Bertz CT molecular complexity index is 879. The number of hydrogen-bond acceptors (Lipinski definition) is 6. The first-order valence-corrected chi connectivity index (χ1v) is 11.6. The molecule has 3 rings (SSSR count). The van der Waals surface area contributed by atoms with Gasteiger partial charge in [-0.25, -0.2) is 15.0 Å². The lowest BCUT2D eigenvalue weighted by Gasteiger charge is -2.28. The maximum Gasteiger partial charge on any atom is 0.120 e. The Labute approximate surface area is 191 Å². The van der Waals surface area contributed by atoms with Crippen LogP contribution in [0.4, 0.5) is 0 Å². The molecular formula is C23H39N9. The summed E-state index contributed by atoms with van der Waals surface area (Å²) in [6.45, 7) is 19.0. The highest BCUT2D eigenvalue weighted by atomic mass is 15.2. The first kappa shape index (κ1) is 24.2. The SMILES string of the molecule is CCN(CC)CCN(CCN(Cc1ncc(C)[nH]1)Cc1ncc(C)[nH]1)Cc1ncc(C)[nH]1. The molecule has 0 bridgehead atoms. The van der Waals surface area contributed by atoms with Gasteiger partial charge in [0.15, 0.2) is 0 Å². The van der Waals surface area contributed by atoms with Crippen LogP contribution in [0.15, 0.2) is 18.6 Å². The van der Waals surface area contributed by atoms with E-state index in [0.29, 0.717) is 0 Å². The molecule has 3 aromatic heterocycles. The Hall–Kier alpha value is -2.49. The highest BCUT2D eigenvalue weighted by Crippen LogP contribution is 2.09. The average molecular weight is 442 g/mol. The van der Waals surface area contributed by atoms with E-state index in [-0.39, 0.29) is 0 Å². The van der Waals surface area contributed by atoms with Crippen molar-refractivity contribution in [2.75, 3.05) is 39.3 Å². The number of imidazole rings is 3. The van der Waals surface area contributed by atoms with Gasteiger partial charge in [-0.15, -0.1) is 0 Å². The minimum atomic E-state index is 0.761. The first-order valence-electron chi connectivity index (χ1n) is 11.6. The summed E-state index contributed by atoms with van der Waals surface area (Å²) < 4.78 is 0. The van der Waals surface area contributed by atoms with Crippen LogP contribution in [-0.2, 0) is 19.6 Å². The topological polar surface area (TPSA) is 95.8 Å². The van der Waals surface area contributed by atoms with Gasteiger partial charge in [-0.2, -0.15) is 0 Å². The smallest absolute Gasteiger partial charge is 0.120 e. The van der Waals surface area contributed by atoms with Gasteiger partial charge in [-0.05, 0) is 33.9 Å². The molecule has 9 nitrogen and oxygen atoms in total. The molecule has 0 spiro atoms. The Morgan fingerprint density at radius 3 is 1.25 bits per heavy atom. The van der Waals surface area contributed by atoms with Gasteiger partial charge in [-0.1, -0.05) is 13.8 Å². The molecule has 0 saturated carbocycles. The van der Waals surface area contributed by atoms with E-state index in [1.165, 1.54) is 0 Å². The summed E-state index contributed by atoms with van der Waals surface area (Å²) in [5.41, 5.74) is 3.28. The molecule has 0 aliphatic heterocycles. The summed E-state index contributed by atoms with van der Waals surface area (Å²) >= 11 is 0. The Morgan fingerprint density at radius 1 is 0.562 bits per heavy atom. The van der Waals surface area contributed by atoms with E-state index in [2.05, 4.69) is 65.4 Å². The third-order valence-corrected chi connectivity index (χ3v) is 5.75. The lowest BCUT2D eigenvalue weighted by atomic mass is 10.3. The quantitative estimate of drug-likeness (QED) is 0.356. The van der Waals surface area contributed by atoms with Crippen molar-refractivity contribution in [3.8, 4) is 0 Å². The number of nitrogens with one attached hydrogen (secondary N) is 3. The predicted octanol–water partition coefficient (Wildman–Crippen LogP) is 2.63. The van der Waals surface area contributed by atoms with Gasteiger partial charge in [-0.3, -0.25) is 9.80 Å². The molecule has 0 aliphatic carbocycles. The highest BCUT2D eigenvalue weighted by molar-refractivity contribution is 5.01. The van der Waals surface area contributed by atoms with Crippen molar-refractivity contribution >= 4 is 0 Å². The average Bonchev–Trinajstić information content (AvgIpc) is 3.48. The summed E-state index contributed by atoms with van der Waals surface area (Å²) in [5.74, 6) is 3.00. The molecule has 3 heterocycles. The fraction of sp³-hybridized carbons (Fsp3) is 0.609. The van der Waals surface area contributed by atoms with Crippen LogP contribution >= 0.6 is 0 Å². The Morgan fingerprint density at radius 2 is 0.906 bits per heavy atom. The van der Waals surface area contributed by atoms with E-state index in [1.54, 1.807) is 0 Å². The van der Waals surface area contributed by atoms with Crippen LogP contribution in [0, 0.1) is 20.8 Å². The van der Waals surface area contributed by atoms with Crippen LogP contribution in [0.5, 0.6) is 0 Å². The predicted molar refractivity (Wildman–Crippen MR) is 127 cm³/mol. The molecule has 3 N–H and O–H groups in total. The van der Waals surface area contributed by atoms with Crippen molar-refractivity contribution in [1.82, 2.24) is 44.6 Å². The van der Waals surface area contributed by atoms with Gasteiger partial charge in [0.2, 0.25) is 0 Å². The number of nitrogens with zero attached hydrogens (tertiary/aromatic N) is 6. The van der Waals surface area contributed by atoms with Crippen LogP contribution in [0.2, 0.25) is 0 Å². The number of aromatic nitrogens is 6. The molecule has 0 radical (unpaired) electrons. The van der Waals surface area contributed by atoms with Gasteiger partial charge in [0.05, 0.1) is 19.6 Å². The van der Waals surface area contributed by atoms with Crippen LogP contribution in [0.25, 0.3) is 0 Å². The third-order valence-electron chi connectivity index (χ3n) is 5.75. The van der Waals surface area contributed by atoms with Gasteiger partial charge in [0.25, 0.3) is 0 Å². The monoisotopic (exact) mass is 441 g/mol. The zero-order valence-electron chi connectivity index (χ0n) is 20.3. The summed E-state index contributed by atoms with van der Waals surface area (Å²) in [5, 5.41) is 0. The lowest BCUT2D eigenvalue weighted by molar-refractivity contribution is 0.163. The second kappa shape index (κ2) is 11.9. The standard InChI is InChI=1S/C23H39N9/c1-6-30(7-2)8-9-31(15-21-24-12-18(3)27-21)10-11-32(16-22-25-13-19(4)28-22)17-23-26-14-20(5)29-23/h12-14H,6-11,15-17H2,1-5H3,(H,24,27)(H,25,28)(H,26,29). The molecule has 0 aliphatic rings. The van der Waals surface area contributed by atoms with Crippen molar-refractivity contribution < 1.29 is 0 Å². The molecule has 0 atom stereocenters. The molecule has 0 saturated heterocycles. The Balaban J connectivity index is 1.66. The van der Waals surface area contributed by atoms with Crippen molar-refractivity contribution in [1.29, 1.82) is 0 Å². The number of aromatic amines is 3. The van der Waals surface area contributed by atoms with Crippen LogP contribution < -0.4 is 0 Å². The number of hydrogen-bond donors (Lipinski definition) is 3. The molecule has 0 fully saturated rings. The van der Waals surface area contributed by atoms with Crippen molar-refractivity contribution in [2.24, 2.45) is 0 Å². The normalized spacial score (nSPS) is 12.0. The fourth-order valence-electron chi connectivity index (χ4n) is 3.87. The molecule has 32 heavy (non-hydrogen) atoms. The van der Waals surface area contributed by atoms with E-state index in [9.17, 15) is 0 Å². The summed E-state index contributed by atoms with van der Waals surface area (Å²) in [6.07, 6.45) is 5.68. The molecule has 176 valence electrons. The zero-order chi connectivity index (χ0) is 22.9. The highest BCUT2D eigenvalue weighted by Gasteiger charge is 2.15. The number of H-pyrrole nitrogens is 3. The van der Waals surface area contributed by atoms with Crippen molar-refractivity contribution in [3.63, 3.8) is 0 Å². The number of rotatable bonds is 14. The minimum Gasteiger partial charge on any atom is -0.345 e. The summed E-state index contributed by atoms with van der Waals surface area (Å²) in [4.78, 5) is 31.0. The van der Waals surface area contributed by atoms with Gasteiger partial charge < -0.3 is 19.9 Å². The molecular weight excluding hydrogens is 402 g/mol. The molecule has 0 unspecified atom stereocenters. The van der Waals surface area contributed by atoms with E-state index in [1.807, 2.05) is 32.4 Å². The maximum atomic E-state index is 4.54. The second-order valence-electron chi connectivity index (χ2n) is 8.55. The van der Waals surface area contributed by atoms with Gasteiger partial charge in [0, 0.05) is 61.9 Å². The lowest BCUT2D eigenvalue weighted by Crippen LogP contribution is -2.39. The van der Waals surface area contributed by atoms with Gasteiger partial charge >= 0.3 is 0 Å². The summed E-state index contributed by atoms with van der Waals surface area (Å²) in [7, 11) is 0. The number of aryl methyl sites for hydroxylation is 3. The van der Waals surface area contributed by atoms with Crippen LogP contribution in [-0.4, -0.2) is 83.9 Å². The number of likely N-dealkylation sites (N-methyl/N-ethyl adjacent to an activating group) is 1. The largest absolute Gasteiger partial charge is 0.345 e. The van der Waals surface area contributed by atoms with E-state index in [4.69, 9.17) is 0 Å². The molecule has 0 aromatic carbocycles. The van der Waals surface area contributed by atoms with E-state index >= 15 is 0 Å². The van der Waals surface area contributed by atoms with Crippen LogP contribution in [0.1, 0.15) is 48.4 Å². The van der Waals surface area contributed by atoms with E-state index < -0.39 is 0 Å². The zero-order valence-corrected chi connectivity index (χ0v) is 20.3. The van der Waals surface area contributed by atoms with Crippen LogP contribution in [0.3, 0.4) is 0 Å².